The van der Waals surface area contributed by atoms with Gasteiger partial charge in [-0.1, -0.05) is 18.2 Å². The quantitative estimate of drug-likeness (QED) is 0.769. The van der Waals surface area contributed by atoms with Crippen molar-refractivity contribution in [3.05, 3.63) is 72.4 Å². The van der Waals surface area contributed by atoms with Crippen LogP contribution >= 0.6 is 0 Å². The van der Waals surface area contributed by atoms with Crippen molar-refractivity contribution in [1.82, 2.24) is 4.98 Å². The van der Waals surface area contributed by atoms with Gasteiger partial charge in [0.2, 0.25) is 0 Å². The van der Waals surface area contributed by atoms with Crippen LogP contribution in [-0.2, 0) is 0 Å². The second-order valence-corrected chi connectivity index (χ2v) is 5.23. The monoisotopic (exact) mass is 301 g/mol. The van der Waals surface area contributed by atoms with Crippen LogP contribution in [0.4, 0.5) is 11.4 Å². The maximum Gasteiger partial charge on any atom is 0.138 e. The van der Waals surface area contributed by atoms with Crippen molar-refractivity contribution in [3.8, 4) is 17.0 Å². The predicted molar refractivity (Wildman–Crippen MR) is 92.5 cm³/mol. The van der Waals surface area contributed by atoms with E-state index in [4.69, 9.17) is 9.73 Å². The van der Waals surface area contributed by atoms with Crippen molar-refractivity contribution < 1.29 is 4.74 Å². The van der Waals surface area contributed by atoms with E-state index < -0.39 is 0 Å². The first kappa shape index (κ1) is 13.5. The molecular weight excluding hydrogens is 286 g/mol. The molecule has 0 bridgehead atoms. The third-order valence-electron chi connectivity index (χ3n) is 3.82. The van der Waals surface area contributed by atoms with Crippen LogP contribution in [0.1, 0.15) is 5.56 Å². The number of nitrogens with zero attached hydrogens (tertiary/aromatic N) is 2. The minimum Gasteiger partial charge on any atom is -0.497 e. The minimum absolute atomic E-state index is 0.798. The van der Waals surface area contributed by atoms with Crippen LogP contribution < -0.4 is 10.1 Å². The Hall–Kier alpha value is -3.14. The number of hydrogen-bond donors (Lipinski definition) is 1. The van der Waals surface area contributed by atoms with E-state index in [1.807, 2.05) is 60.7 Å². The van der Waals surface area contributed by atoms with Gasteiger partial charge < -0.3 is 10.1 Å². The highest BCUT2D eigenvalue weighted by atomic mass is 16.5. The zero-order valence-corrected chi connectivity index (χ0v) is 12.7. The van der Waals surface area contributed by atoms with Gasteiger partial charge in [-0.2, -0.15) is 0 Å². The molecule has 2 heterocycles. The van der Waals surface area contributed by atoms with E-state index in [2.05, 4.69) is 10.3 Å². The van der Waals surface area contributed by atoms with Gasteiger partial charge in [0, 0.05) is 17.3 Å². The fourth-order valence-corrected chi connectivity index (χ4v) is 2.65. The zero-order chi connectivity index (χ0) is 15.6. The summed E-state index contributed by atoms with van der Waals surface area (Å²) >= 11 is 0. The van der Waals surface area contributed by atoms with Crippen LogP contribution in [0.3, 0.4) is 0 Å². The molecule has 1 aromatic heterocycles. The van der Waals surface area contributed by atoms with Crippen LogP contribution in [0.15, 0.2) is 71.9 Å². The summed E-state index contributed by atoms with van der Waals surface area (Å²) in [6.45, 7) is 0. The molecule has 0 unspecified atom stereocenters. The van der Waals surface area contributed by atoms with E-state index in [0.717, 1.165) is 39.8 Å². The molecular formula is C19H15N3O. The highest BCUT2D eigenvalue weighted by Gasteiger charge is 2.17. The highest BCUT2D eigenvalue weighted by Crippen LogP contribution is 2.36. The van der Waals surface area contributed by atoms with Gasteiger partial charge in [0.1, 0.15) is 11.6 Å². The third kappa shape index (κ3) is 2.44. The number of amidine groups is 1. The number of rotatable bonds is 2. The summed E-state index contributed by atoms with van der Waals surface area (Å²) in [5.74, 6) is 1.62. The molecule has 0 saturated carbocycles. The fourth-order valence-electron chi connectivity index (χ4n) is 2.65. The normalized spacial score (nSPS) is 12.3. The molecule has 2 aromatic carbocycles. The van der Waals surface area contributed by atoms with Crippen molar-refractivity contribution >= 4 is 17.2 Å². The Morgan fingerprint density at radius 1 is 0.913 bits per heavy atom. The molecule has 0 spiro atoms. The van der Waals surface area contributed by atoms with E-state index in [1.165, 1.54) is 0 Å². The smallest absolute Gasteiger partial charge is 0.138 e. The Kier molecular flexibility index (Phi) is 3.27. The molecule has 4 nitrogen and oxygen atoms in total. The molecule has 3 aromatic rings. The number of hydrogen-bond acceptors (Lipinski definition) is 4. The van der Waals surface area contributed by atoms with E-state index in [-0.39, 0.29) is 0 Å². The molecule has 112 valence electrons. The molecule has 0 amide bonds. The fraction of sp³-hybridized carbons (Fsp3) is 0.0526. The molecule has 0 saturated heterocycles. The molecule has 23 heavy (non-hydrogen) atoms. The van der Waals surface area contributed by atoms with Crippen LogP contribution in [0.5, 0.6) is 5.75 Å². The van der Waals surface area contributed by atoms with Gasteiger partial charge in [-0.05, 0) is 42.5 Å². The van der Waals surface area contributed by atoms with Gasteiger partial charge >= 0.3 is 0 Å². The van der Waals surface area contributed by atoms with Gasteiger partial charge in [0.25, 0.3) is 0 Å². The molecule has 1 aliphatic rings. The van der Waals surface area contributed by atoms with Crippen LogP contribution in [-0.4, -0.2) is 17.9 Å². The number of ether oxygens (including phenoxy) is 1. The maximum atomic E-state index is 5.22. The van der Waals surface area contributed by atoms with E-state index in [0.29, 0.717) is 0 Å². The lowest BCUT2D eigenvalue weighted by molar-refractivity contribution is 0.415. The Bertz CT molecular complexity index is 885. The van der Waals surface area contributed by atoms with E-state index in [1.54, 1.807) is 13.3 Å². The number of nitrogens with one attached hydrogen (secondary N) is 1. The average molecular weight is 301 g/mol. The largest absolute Gasteiger partial charge is 0.497 e. The predicted octanol–water partition coefficient (Wildman–Crippen LogP) is 4.26. The molecule has 0 aliphatic carbocycles. The van der Waals surface area contributed by atoms with Crippen LogP contribution in [0.2, 0.25) is 0 Å². The summed E-state index contributed by atoms with van der Waals surface area (Å²) in [7, 11) is 1.66. The van der Waals surface area contributed by atoms with Crippen LogP contribution in [0.25, 0.3) is 11.3 Å². The van der Waals surface area contributed by atoms with Gasteiger partial charge in [-0.25, -0.2) is 4.99 Å². The SMILES string of the molecule is COc1ccc(C2=Nc3ccccc3-c3ncccc3N2)cc1. The first-order chi connectivity index (χ1) is 11.3. The first-order valence-corrected chi connectivity index (χ1v) is 7.40. The highest BCUT2D eigenvalue weighted by molar-refractivity contribution is 6.13. The Balaban J connectivity index is 1.88. The lowest BCUT2D eigenvalue weighted by Crippen LogP contribution is -2.13. The summed E-state index contributed by atoms with van der Waals surface area (Å²) in [6, 6.07) is 19.8. The zero-order valence-electron chi connectivity index (χ0n) is 12.7. The standard InChI is InChI=1S/C19H15N3O/c1-23-14-10-8-13(9-11-14)19-21-16-6-3-2-5-15(16)18-17(22-19)7-4-12-20-18/h2-12H,1H3,(H,21,22). The molecule has 4 heteroatoms. The number of benzene rings is 2. The van der Waals surface area contributed by atoms with Gasteiger partial charge in [-0.3, -0.25) is 4.98 Å². The maximum absolute atomic E-state index is 5.22. The second-order valence-electron chi connectivity index (χ2n) is 5.23. The Morgan fingerprint density at radius 2 is 1.74 bits per heavy atom. The number of pyridine rings is 1. The van der Waals surface area contributed by atoms with E-state index in [9.17, 15) is 0 Å². The van der Waals surface area contributed by atoms with Gasteiger partial charge in [-0.15, -0.1) is 0 Å². The molecule has 0 radical (unpaired) electrons. The topological polar surface area (TPSA) is 46.5 Å². The number of aromatic nitrogens is 1. The number of para-hydroxylation sites is 1. The number of methoxy groups -OCH3 is 1. The van der Waals surface area contributed by atoms with Crippen molar-refractivity contribution in [2.24, 2.45) is 4.99 Å². The third-order valence-corrected chi connectivity index (χ3v) is 3.82. The Labute approximate surface area is 134 Å². The number of aliphatic imine (C=N–C) groups is 1. The number of fused-ring (bicyclic) bond motifs is 3. The summed E-state index contributed by atoms with van der Waals surface area (Å²) in [6.07, 6.45) is 1.80. The Morgan fingerprint density at radius 3 is 2.57 bits per heavy atom. The average Bonchev–Trinajstić information content (AvgIpc) is 2.79. The van der Waals surface area contributed by atoms with Gasteiger partial charge in [0.05, 0.1) is 24.2 Å². The molecule has 4 rings (SSSR count). The van der Waals surface area contributed by atoms with Gasteiger partial charge in [0.15, 0.2) is 0 Å². The molecule has 1 N–H and O–H groups in total. The van der Waals surface area contributed by atoms with Crippen molar-refractivity contribution in [2.75, 3.05) is 12.4 Å². The summed E-state index contributed by atoms with van der Waals surface area (Å²) in [5, 5.41) is 3.41. The summed E-state index contributed by atoms with van der Waals surface area (Å²) in [4.78, 5) is 9.32. The van der Waals surface area contributed by atoms with Crippen molar-refractivity contribution in [2.45, 2.75) is 0 Å². The first-order valence-electron chi connectivity index (χ1n) is 7.40. The number of anilines is 1. The summed E-state index contributed by atoms with van der Waals surface area (Å²) in [5.41, 5.74) is 4.79. The minimum atomic E-state index is 0.798. The van der Waals surface area contributed by atoms with E-state index >= 15 is 0 Å². The lowest BCUT2D eigenvalue weighted by atomic mass is 10.1. The molecule has 1 aliphatic heterocycles. The van der Waals surface area contributed by atoms with Crippen molar-refractivity contribution in [3.63, 3.8) is 0 Å². The van der Waals surface area contributed by atoms with Crippen molar-refractivity contribution in [1.29, 1.82) is 0 Å². The second kappa shape index (κ2) is 5.57. The summed E-state index contributed by atoms with van der Waals surface area (Å²) < 4.78 is 5.22. The molecule has 0 atom stereocenters. The van der Waals surface area contributed by atoms with Crippen LogP contribution in [0, 0.1) is 0 Å². The lowest BCUT2D eigenvalue weighted by Gasteiger charge is -2.10. The molecule has 0 fully saturated rings.